The molecule has 0 aliphatic heterocycles. The normalized spacial score (nSPS) is 13.0. The van der Waals surface area contributed by atoms with E-state index >= 15 is 0 Å². The lowest BCUT2D eigenvalue weighted by Gasteiger charge is -1.97. The van der Waals surface area contributed by atoms with Gasteiger partial charge in [-0.05, 0) is 6.92 Å². The number of carbonyl (C=O) groups is 1. The van der Waals surface area contributed by atoms with Crippen LogP contribution >= 0.6 is 0 Å². The second-order valence-corrected chi connectivity index (χ2v) is 1.34. The molecule has 7 heavy (non-hydrogen) atoms. The number of likely N-dealkylation sites (N-methyl/N-ethyl adjacent to an activating group) is 1. The van der Waals surface area contributed by atoms with Gasteiger partial charge in [0.15, 0.2) is 0 Å². The Balaban J connectivity index is 3.35. The minimum absolute atomic E-state index is 0.236. The van der Waals surface area contributed by atoms with Gasteiger partial charge in [-0.3, -0.25) is 4.79 Å². The first-order chi connectivity index (χ1) is 3.18. The third kappa shape index (κ3) is 2.17. The minimum Gasteiger partial charge on any atom is -0.358 e. The predicted molar refractivity (Wildman–Crippen MR) is 26.6 cm³/mol. The predicted octanol–water partition coefficient (Wildman–Crippen LogP) is -0.596. The van der Waals surface area contributed by atoms with E-state index < -0.39 is 6.04 Å². The summed E-state index contributed by atoms with van der Waals surface area (Å²) >= 11 is 0. The highest BCUT2D eigenvalue weighted by Gasteiger charge is 2.01. The van der Waals surface area contributed by atoms with Crippen LogP contribution in [0, 0.1) is 0 Å². The first kappa shape index (κ1) is 6.43. The zero-order valence-corrected chi connectivity index (χ0v) is 4.49. The van der Waals surface area contributed by atoms with Gasteiger partial charge in [0.05, 0.1) is 6.04 Å². The fourth-order valence-electron chi connectivity index (χ4n) is 0.217. The third-order valence-corrected chi connectivity index (χ3v) is 0.640. The van der Waals surface area contributed by atoms with Gasteiger partial charge in [0.25, 0.3) is 0 Å². The fraction of sp³-hybridized carbons (Fsp3) is 0.750. The van der Waals surface area contributed by atoms with Crippen LogP contribution in [0.25, 0.3) is 0 Å². The summed E-state index contributed by atoms with van der Waals surface area (Å²) < 4.78 is 0. The van der Waals surface area contributed by atoms with Crippen molar-refractivity contribution in [3.05, 3.63) is 0 Å². The topological polar surface area (TPSA) is 52.9 Å². The van der Waals surface area contributed by atoms with E-state index in [-0.39, 0.29) is 5.91 Å². The van der Waals surface area contributed by atoms with Crippen LogP contribution in [0.4, 0.5) is 0 Å². The zero-order chi connectivity index (χ0) is 5.86. The molecule has 1 amide bonds. The molecule has 0 bridgehead atoms. The highest BCUT2D eigenvalue weighted by atomic mass is 16.2. The van der Waals surface area contributed by atoms with Crippen LogP contribution in [0.15, 0.2) is 0 Å². The largest absolute Gasteiger partial charge is 0.358 e. The summed E-state index contributed by atoms with van der Waals surface area (Å²) in [5.74, 6) is -0.236. The van der Waals surface area contributed by atoms with Crippen molar-refractivity contribution >= 4 is 5.91 Å². The summed E-state index contributed by atoms with van der Waals surface area (Å²) in [6.07, 6.45) is 0. The first-order valence-electron chi connectivity index (χ1n) is 2.11. The maximum absolute atomic E-state index is 10.2. The molecular formula is C4H9N2O. The van der Waals surface area contributed by atoms with Crippen LogP contribution in [-0.2, 0) is 4.79 Å². The van der Waals surface area contributed by atoms with Gasteiger partial charge in [-0.25, -0.2) is 5.73 Å². The van der Waals surface area contributed by atoms with Crippen molar-refractivity contribution in [1.29, 1.82) is 0 Å². The third-order valence-electron chi connectivity index (χ3n) is 0.640. The number of amides is 1. The first-order valence-corrected chi connectivity index (χ1v) is 2.11. The lowest BCUT2D eigenvalue weighted by Crippen LogP contribution is -2.30. The molecule has 41 valence electrons. The molecule has 0 rings (SSSR count). The summed E-state index contributed by atoms with van der Waals surface area (Å²) in [6.45, 7) is 1.53. The van der Waals surface area contributed by atoms with Crippen LogP contribution in [0.1, 0.15) is 6.92 Å². The average Bonchev–Trinajstić information content (AvgIpc) is 1.65. The number of hydrogen-bond donors (Lipinski definition) is 1. The van der Waals surface area contributed by atoms with Gasteiger partial charge in [0.2, 0.25) is 5.91 Å². The van der Waals surface area contributed by atoms with E-state index in [0.717, 1.165) is 0 Å². The summed E-state index contributed by atoms with van der Waals surface area (Å²) in [5.41, 5.74) is 6.77. The van der Waals surface area contributed by atoms with Crippen molar-refractivity contribution in [2.45, 2.75) is 13.0 Å². The molecule has 1 radical (unpaired) electrons. The molecule has 0 saturated carbocycles. The Labute approximate surface area is 42.9 Å². The van der Waals surface area contributed by atoms with E-state index in [2.05, 4.69) is 5.32 Å². The molecule has 0 fully saturated rings. The highest BCUT2D eigenvalue weighted by molar-refractivity contribution is 5.80. The number of carbonyl (C=O) groups excluding carboxylic acids is 1. The molecule has 0 aromatic heterocycles. The van der Waals surface area contributed by atoms with Crippen molar-refractivity contribution in [2.75, 3.05) is 7.05 Å². The Bertz CT molecular complexity index is 70.1. The van der Waals surface area contributed by atoms with Crippen molar-refractivity contribution in [3.63, 3.8) is 0 Å². The number of nitrogens with one attached hydrogen (secondary N) is 2. The van der Waals surface area contributed by atoms with E-state index in [1.54, 1.807) is 0 Å². The molecule has 1 unspecified atom stereocenters. The fourth-order valence-corrected chi connectivity index (χ4v) is 0.217. The van der Waals surface area contributed by atoms with Gasteiger partial charge in [0, 0.05) is 7.05 Å². The molecular weight excluding hydrogens is 92.1 g/mol. The summed E-state index contributed by atoms with van der Waals surface area (Å²) in [5, 5.41) is 2.34. The molecule has 0 aliphatic carbocycles. The van der Waals surface area contributed by atoms with Gasteiger partial charge >= 0.3 is 0 Å². The van der Waals surface area contributed by atoms with Crippen LogP contribution < -0.4 is 11.1 Å². The van der Waals surface area contributed by atoms with Crippen LogP contribution in [0.5, 0.6) is 0 Å². The lowest BCUT2D eigenvalue weighted by atomic mass is 10.3. The van der Waals surface area contributed by atoms with Crippen molar-refractivity contribution in [1.82, 2.24) is 11.1 Å². The van der Waals surface area contributed by atoms with Crippen molar-refractivity contribution < 1.29 is 4.79 Å². The van der Waals surface area contributed by atoms with Crippen molar-refractivity contribution in [3.8, 4) is 0 Å². The second kappa shape index (κ2) is 2.58. The summed E-state index contributed by atoms with van der Waals surface area (Å²) in [4.78, 5) is 10.2. The van der Waals surface area contributed by atoms with Crippen LogP contribution in [0.3, 0.4) is 0 Å². The molecule has 0 saturated heterocycles. The second-order valence-electron chi connectivity index (χ2n) is 1.34. The summed E-state index contributed by atoms with van der Waals surface area (Å²) in [7, 11) is 1.52. The Kier molecular flexibility index (Phi) is 2.37. The molecule has 0 aromatic carbocycles. The van der Waals surface area contributed by atoms with E-state index in [9.17, 15) is 4.79 Å². The molecule has 2 N–H and O–H groups in total. The molecule has 0 spiro atoms. The average molecular weight is 101 g/mol. The monoisotopic (exact) mass is 101 g/mol. The maximum atomic E-state index is 10.2. The highest BCUT2D eigenvalue weighted by Crippen LogP contribution is 1.72. The smallest absolute Gasteiger partial charge is 0.237 e. The Morgan fingerprint density at radius 1 is 1.86 bits per heavy atom. The van der Waals surface area contributed by atoms with Gasteiger partial charge in [0.1, 0.15) is 0 Å². The van der Waals surface area contributed by atoms with E-state index in [0.29, 0.717) is 0 Å². The standard InChI is InChI=1S/C4H9N2O/c1-3(5)4(7)6-2/h3,5H,1-2H3,(H,6,7). The molecule has 3 heteroatoms. The lowest BCUT2D eigenvalue weighted by molar-refractivity contribution is -0.121. The quantitative estimate of drug-likeness (QED) is 0.471. The van der Waals surface area contributed by atoms with Crippen LogP contribution in [0.2, 0.25) is 0 Å². The number of hydrogen-bond acceptors (Lipinski definition) is 1. The SMILES string of the molecule is CNC(=O)C(C)[NH]. The van der Waals surface area contributed by atoms with E-state index in [1.807, 2.05) is 0 Å². The van der Waals surface area contributed by atoms with E-state index in [4.69, 9.17) is 5.73 Å². The Morgan fingerprint density at radius 2 is 2.29 bits per heavy atom. The Morgan fingerprint density at radius 3 is 2.29 bits per heavy atom. The van der Waals surface area contributed by atoms with Gasteiger partial charge in [-0.15, -0.1) is 0 Å². The van der Waals surface area contributed by atoms with Gasteiger partial charge < -0.3 is 5.32 Å². The molecule has 1 atom stereocenters. The molecule has 0 heterocycles. The number of rotatable bonds is 1. The van der Waals surface area contributed by atoms with Gasteiger partial charge in [-0.1, -0.05) is 0 Å². The van der Waals surface area contributed by atoms with Crippen LogP contribution in [-0.4, -0.2) is 19.0 Å². The molecule has 3 nitrogen and oxygen atoms in total. The summed E-state index contributed by atoms with van der Waals surface area (Å²) in [6, 6.07) is -0.634. The maximum Gasteiger partial charge on any atom is 0.237 e. The Hall–Kier alpha value is -0.570. The van der Waals surface area contributed by atoms with Crippen molar-refractivity contribution in [2.24, 2.45) is 0 Å². The van der Waals surface area contributed by atoms with Gasteiger partial charge in [-0.2, -0.15) is 0 Å². The minimum atomic E-state index is -0.634. The molecule has 0 aromatic rings. The molecule has 0 aliphatic rings. The zero-order valence-electron chi connectivity index (χ0n) is 4.49. The van der Waals surface area contributed by atoms with E-state index in [1.165, 1.54) is 14.0 Å².